The highest BCUT2D eigenvalue weighted by atomic mass is 127. The lowest BCUT2D eigenvalue weighted by Crippen LogP contribution is -2.06. The molecule has 0 radical (unpaired) electrons. The molecule has 2 rings (SSSR count). The first-order valence-electron chi connectivity index (χ1n) is 4.52. The zero-order valence-electron chi connectivity index (χ0n) is 8.82. The van der Waals surface area contributed by atoms with E-state index in [9.17, 15) is 13.2 Å². The average Bonchev–Trinajstić information content (AvgIpc) is 2.63. The van der Waals surface area contributed by atoms with Crippen LogP contribution in [0.5, 0.6) is 0 Å². The number of halogens is 4. The van der Waals surface area contributed by atoms with E-state index in [1.807, 2.05) is 19.4 Å². The van der Waals surface area contributed by atoms with Gasteiger partial charge in [0.2, 0.25) is 0 Å². The zero-order chi connectivity index (χ0) is 12.9. The van der Waals surface area contributed by atoms with Crippen molar-refractivity contribution in [3.05, 3.63) is 46.1 Å². The second kappa shape index (κ2) is 5.99. The fourth-order valence-corrected chi connectivity index (χ4v) is 1.45. The minimum Gasteiger partial charge on any atom is -0.275 e. The number of hydrogen-bond acceptors (Lipinski definition) is 2. The molecule has 0 atom stereocenters. The Labute approximate surface area is 110 Å². The number of aryl methyl sites for hydroxylation is 1. The molecule has 0 amide bonds. The van der Waals surface area contributed by atoms with Crippen LogP contribution in [-0.4, -0.2) is 14.8 Å². The SMILES string of the molecule is Cn1cc(I)cn1.FC(F)(F)c1ccccn1. The predicted octanol–water partition coefficient (Wildman–Crippen LogP) is 3.13. The molecule has 0 fully saturated rings. The second-order valence-electron chi connectivity index (χ2n) is 3.04. The number of hydrogen-bond donors (Lipinski definition) is 0. The number of alkyl halides is 3. The maximum absolute atomic E-state index is 11.7. The summed E-state index contributed by atoms with van der Waals surface area (Å²) in [6.45, 7) is 0. The van der Waals surface area contributed by atoms with Crippen LogP contribution >= 0.6 is 22.6 Å². The fourth-order valence-electron chi connectivity index (χ4n) is 0.922. The van der Waals surface area contributed by atoms with E-state index in [0.717, 1.165) is 12.3 Å². The molecule has 2 heterocycles. The monoisotopic (exact) mass is 355 g/mol. The summed E-state index contributed by atoms with van der Waals surface area (Å²) in [5.41, 5.74) is -0.852. The van der Waals surface area contributed by atoms with Gasteiger partial charge in [-0.2, -0.15) is 18.3 Å². The van der Waals surface area contributed by atoms with E-state index in [-0.39, 0.29) is 0 Å². The Hall–Kier alpha value is -1.12. The van der Waals surface area contributed by atoms with E-state index >= 15 is 0 Å². The molecule has 0 aromatic carbocycles. The Morgan fingerprint density at radius 1 is 1.29 bits per heavy atom. The molecule has 2 aromatic heterocycles. The smallest absolute Gasteiger partial charge is 0.275 e. The van der Waals surface area contributed by atoms with Crippen LogP contribution in [-0.2, 0) is 13.2 Å². The van der Waals surface area contributed by atoms with Gasteiger partial charge >= 0.3 is 6.18 Å². The van der Waals surface area contributed by atoms with E-state index < -0.39 is 11.9 Å². The van der Waals surface area contributed by atoms with Crippen molar-refractivity contribution in [1.29, 1.82) is 0 Å². The third kappa shape index (κ3) is 5.16. The van der Waals surface area contributed by atoms with E-state index in [1.54, 1.807) is 4.68 Å². The molecule has 0 saturated heterocycles. The highest BCUT2D eigenvalue weighted by Crippen LogP contribution is 2.26. The highest BCUT2D eigenvalue weighted by Gasteiger charge is 2.31. The topological polar surface area (TPSA) is 30.7 Å². The summed E-state index contributed by atoms with van der Waals surface area (Å²) in [5.74, 6) is 0. The zero-order valence-corrected chi connectivity index (χ0v) is 11.0. The average molecular weight is 355 g/mol. The van der Waals surface area contributed by atoms with Gasteiger partial charge in [0.15, 0.2) is 0 Å². The third-order valence-corrected chi connectivity index (χ3v) is 2.19. The first-order chi connectivity index (χ1) is 7.89. The van der Waals surface area contributed by atoms with Crippen LogP contribution in [0.2, 0.25) is 0 Å². The van der Waals surface area contributed by atoms with Crippen LogP contribution < -0.4 is 0 Å². The van der Waals surface area contributed by atoms with Gasteiger partial charge in [-0.05, 0) is 34.7 Å². The molecular weight excluding hydrogens is 346 g/mol. The van der Waals surface area contributed by atoms with Gasteiger partial charge in [0, 0.05) is 19.4 Å². The molecule has 17 heavy (non-hydrogen) atoms. The van der Waals surface area contributed by atoms with Crippen molar-refractivity contribution in [1.82, 2.24) is 14.8 Å². The van der Waals surface area contributed by atoms with Gasteiger partial charge in [0.05, 0.1) is 9.77 Å². The van der Waals surface area contributed by atoms with Crippen molar-refractivity contribution in [2.45, 2.75) is 6.18 Å². The largest absolute Gasteiger partial charge is 0.433 e. The van der Waals surface area contributed by atoms with Crippen LogP contribution in [0.1, 0.15) is 5.69 Å². The van der Waals surface area contributed by atoms with E-state index in [0.29, 0.717) is 0 Å². The lowest BCUT2D eigenvalue weighted by Gasteiger charge is -2.02. The van der Waals surface area contributed by atoms with E-state index in [4.69, 9.17) is 0 Å². The summed E-state index contributed by atoms with van der Waals surface area (Å²) in [7, 11) is 1.90. The quantitative estimate of drug-likeness (QED) is 0.680. The lowest BCUT2D eigenvalue weighted by atomic mass is 10.3. The van der Waals surface area contributed by atoms with Gasteiger partial charge in [-0.3, -0.25) is 9.67 Å². The van der Waals surface area contributed by atoms with Crippen LogP contribution in [0, 0.1) is 3.57 Å². The maximum atomic E-state index is 11.7. The van der Waals surface area contributed by atoms with Crippen molar-refractivity contribution in [2.75, 3.05) is 0 Å². The Morgan fingerprint density at radius 2 is 2.00 bits per heavy atom. The molecule has 0 spiro atoms. The molecule has 3 nitrogen and oxygen atoms in total. The van der Waals surface area contributed by atoms with Gasteiger partial charge in [-0.15, -0.1) is 0 Å². The Kier molecular flexibility index (Phi) is 4.91. The number of pyridine rings is 1. The summed E-state index contributed by atoms with van der Waals surface area (Å²) < 4.78 is 38.1. The van der Waals surface area contributed by atoms with Crippen LogP contribution in [0.15, 0.2) is 36.8 Å². The number of aromatic nitrogens is 3. The molecule has 7 heteroatoms. The van der Waals surface area contributed by atoms with Gasteiger partial charge in [0.25, 0.3) is 0 Å². The Balaban J connectivity index is 0.000000181. The number of nitrogens with zero attached hydrogens (tertiary/aromatic N) is 3. The second-order valence-corrected chi connectivity index (χ2v) is 4.29. The lowest BCUT2D eigenvalue weighted by molar-refractivity contribution is -0.141. The molecule has 0 aliphatic rings. The van der Waals surface area contributed by atoms with Crippen LogP contribution in [0.4, 0.5) is 13.2 Å². The highest BCUT2D eigenvalue weighted by molar-refractivity contribution is 14.1. The summed E-state index contributed by atoms with van der Waals surface area (Å²) in [5, 5.41) is 3.93. The predicted molar refractivity (Wildman–Crippen MR) is 65.2 cm³/mol. The number of rotatable bonds is 0. The van der Waals surface area contributed by atoms with Crippen molar-refractivity contribution < 1.29 is 13.2 Å². The molecular formula is C10H9F3IN3. The molecule has 0 unspecified atom stereocenters. The standard InChI is InChI=1S/C6H4F3N.C4H5IN2/c7-6(8,9)5-3-1-2-4-10-5;1-7-3-4(5)2-6-7/h1-4H;2-3H,1H3. The molecule has 0 aliphatic carbocycles. The Morgan fingerprint density at radius 3 is 2.24 bits per heavy atom. The van der Waals surface area contributed by atoms with Gasteiger partial charge in [-0.25, -0.2) is 0 Å². The normalized spacial score (nSPS) is 10.6. The summed E-state index contributed by atoms with van der Waals surface area (Å²) >= 11 is 2.22. The molecule has 0 N–H and O–H groups in total. The summed E-state index contributed by atoms with van der Waals surface area (Å²) in [6.07, 6.45) is 0.575. The first-order valence-corrected chi connectivity index (χ1v) is 5.60. The van der Waals surface area contributed by atoms with Gasteiger partial charge in [0.1, 0.15) is 5.69 Å². The van der Waals surface area contributed by atoms with Crippen LogP contribution in [0.25, 0.3) is 0 Å². The van der Waals surface area contributed by atoms with Crippen molar-refractivity contribution in [3.8, 4) is 0 Å². The van der Waals surface area contributed by atoms with E-state index in [1.165, 1.54) is 15.7 Å². The van der Waals surface area contributed by atoms with Crippen molar-refractivity contribution in [2.24, 2.45) is 7.05 Å². The summed E-state index contributed by atoms with van der Waals surface area (Å²) in [4.78, 5) is 3.12. The Bertz CT molecular complexity index is 437. The summed E-state index contributed by atoms with van der Waals surface area (Å²) in [6, 6.07) is 3.67. The molecule has 0 bridgehead atoms. The van der Waals surface area contributed by atoms with Crippen molar-refractivity contribution in [3.63, 3.8) is 0 Å². The third-order valence-electron chi connectivity index (χ3n) is 1.63. The van der Waals surface area contributed by atoms with E-state index in [2.05, 4.69) is 32.7 Å². The first kappa shape index (κ1) is 13.9. The molecule has 92 valence electrons. The van der Waals surface area contributed by atoms with Gasteiger partial charge in [-0.1, -0.05) is 6.07 Å². The maximum Gasteiger partial charge on any atom is 0.433 e. The fraction of sp³-hybridized carbons (Fsp3) is 0.200. The molecule has 2 aromatic rings. The van der Waals surface area contributed by atoms with Crippen LogP contribution in [0.3, 0.4) is 0 Å². The minimum absolute atomic E-state index is 0.852. The molecule has 0 aliphatic heterocycles. The minimum atomic E-state index is -4.32. The molecule has 0 saturated carbocycles. The van der Waals surface area contributed by atoms with Crippen molar-refractivity contribution >= 4 is 22.6 Å². The van der Waals surface area contributed by atoms with Gasteiger partial charge < -0.3 is 0 Å².